The summed E-state index contributed by atoms with van der Waals surface area (Å²) >= 11 is 2.31. The second-order valence-electron chi connectivity index (χ2n) is 0.519. The maximum atomic E-state index is 9.00. The second-order valence-corrected chi connectivity index (χ2v) is 0.519. The van der Waals surface area contributed by atoms with Crippen molar-refractivity contribution >= 4 is 5.97 Å². The standard InChI is InChI=1S/C2H4O2.Co.O/c1-2(3)4;;/h1H3,(H,3,4);;. The summed E-state index contributed by atoms with van der Waals surface area (Å²) in [6, 6.07) is 0. The number of carboxylic acid groups (broad SMARTS) is 1. The van der Waals surface area contributed by atoms with E-state index in [-0.39, 0.29) is 0 Å². The zero-order valence-electron chi connectivity index (χ0n) is 3.10. The Balaban J connectivity index is 0. The molecule has 0 spiro atoms. The molecule has 4 heteroatoms. The fraction of sp³-hybridized carbons (Fsp3) is 0.500. The monoisotopic (exact) mass is 135 g/mol. The molecule has 0 amide bonds. The molecule has 0 aromatic heterocycles. The minimum absolute atomic E-state index is 0.833. The molecule has 0 heterocycles. The van der Waals surface area contributed by atoms with Crippen molar-refractivity contribution in [3.05, 3.63) is 0 Å². The maximum absolute atomic E-state index is 9.00. The van der Waals surface area contributed by atoms with Crippen molar-refractivity contribution < 1.29 is 29.4 Å². The summed E-state index contributed by atoms with van der Waals surface area (Å²) in [7, 11) is 0. The van der Waals surface area contributed by atoms with Crippen LogP contribution in [0.15, 0.2) is 0 Å². The van der Waals surface area contributed by atoms with Crippen LogP contribution in [0.25, 0.3) is 0 Å². The summed E-state index contributed by atoms with van der Waals surface area (Å²) in [5, 5.41) is 7.42. The molecule has 0 atom stereocenters. The molecule has 0 aromatic rings. The molecule has 0 saturated heterocycles. The Labute approximate surface area is 43.1 Å². The van der Waals surface area contributed by atoms with Crippen LogP contribution in [0.1, 0.15) is 6.92 Å². The van der Waals surface area contributed by atoms with E-state index in [2.05, 4.69) is 15.7 Å². The third kappa shape index (κ3) is 583. The van der Waals surface area contributed by atoms with E-state index >= 15 is 0 Å². The van der Waals surface area contributed by atoms with Gasteiger partial charge in [-0.1, -0.05) is 0 Å². The van der Waals surface area contributed by atoms with Crippen LogP contribution in [0, 0.1) is 0 Å². The van der Waals surface area contributed by atoms with E-state index in [0.29, 0.717) is 0 Å². The molecule has 39 valence electrons. The average molecular weight is 135 g/mol. The van der Waals surface area contributed by atoms with E-state index < -0.39 is 5.97 Å². The van der Waals surface area contributed by atoms with Crippen LogP contribution in [0.2, 0.25) is 0 Å². The SMILES string of the molecule is CC(=O)O.[O]=[Co]. The Hall–Kier alpha value is -0.224. The molecule has 0 unspecified atom stereocenters. The first-order valence-electron chi connectivity index (χ1n) is 1.06. The first-order valence-corrected chi connectivity index (χ1v) is 1.49. The van der Waals surface area contributed by atoms with Crippen molar-refractivity contribution in [2.75, 3.05) is 0 Å². The van der Waals surface area contributed by atoms with Crippen molar-refractivity contribution in [3.63, 3.8) is 0 Å². The van der Waals surface area contributed by atoms with Gasteiger partial charge < -0.3 is 5.11 Å². The molecule has 6 heavy (non-hydrogen) atoms. The van der Waals surface area contributed by atoms with Crippen LogP contribution in [0.5, 0.6) is 0 Å². The Bertz CT molecular complexity index is 40.1. The molecule has 0 rings (SSSR count). The average Bonchev–Trinajstić information content (AvgIpc) is 1.41. The van der Waals surface area contributed by atoms with Gasteiger partial charge in [-0.3, -0.25) is 4.79 Å². The Kier molecular flexibility index (Phi) is 13.6. The molecule has 0 bridgehead atoms. The number of rotatable bonds is 0. The normalized spacial score (nSPS) is 5.00. The number of carboxylic acids is 1. The predicted octanol–water partition coefficient (Wildman–Crippen LogP) is -0.0304. The van der Waals surface area contributed by atoms with E-state index in [1.54, 1.807) is 0 Å². The summed E-state index contributed by atoms with van der Waals surface area (Å²) < 4.78 is 7.94. The van der Waals surface area contributed by atoms with Gasteiger partial charge >= 0.3 is 19.5 Å². The van der Waals surface area contributed by atoms with E-state index in [1.165, 1.54) is 0 Å². The molecule has 0 aliphatic heterocycles. The molecular weight excluding hydrogens is 131 g/mol. The summed E-state index contributed by atoms with van der Waals surface area (Å²) in [5.41, 5.74) is 0. The van der Waals surface area contributed by atoms with Crippen molar-refractivity contribution in [2.24, 2.45) is 0 Å². The fourth-order valence-corrected chi connectivity index (χ4v) is 0. The van der Waals surface area contributed by atoms with Crippen LogP contribution >= 0.6 is 0 Å². The predicted molar refractivity (Wildman–Crippen MR) is 14.0 cm³/mol. The van der Waals surface area contributed by atoms with Gasteiger partial charge in [-0.05, 0) is 0 Å². The molecule has 0 radical (unpaired) electrons. The molecule has 0 fully saturated rings. The van der Waals surface area contributed by atoms with Gasteiger partial charge in [0.2, 0.25) is 0 Å². The number of hydrogen-bond acceptors (Lipinski definition) is 2. The van der Waals surface area contributed by atoms with Crippen LogP contribution in [-0.2, 0) is 24.3 Å². The molecule has 0 aliphatic carbocycles. The van der Waals surface area contributed by atoms with Crippen molar-refractivity contribution in [1.29, 1.82) is 0 Å². The van der Waals surface area contributed by atoms with Gasteiger partial charge in [-0.2, -0.15) is 0 Å². The number of hydrogen-bond donors (Lipinski definition) is 1. The van der Waals surface area contributed by atoms with Gasteiger partial charge in [0, 0.05) is 6.92 Å². The number of carbonyl (C=O) groups is 1. The Morgan fingerprint density at radius 3 is 1.67 bits per heavy atom. The molecule has 3 nitrogen and oxygen atoms in total. The summed E-state index contributed by atoms with van der Waals surface area (Å²) in [6.45, 7) is 1.08. The first kappa shape index (κ1) is 9.24. The van der Waals surface area contributed by atoms with E-state index in [9.17, 15) is 0 Å². The van der Waals surface area contributed by atoms with Crippen molar-refractivity contribution in [3.8, 4) is 0 Å². The van der Waals surface area contributed by atoms with Crippen molar-refractivity contribution in [2.45, 2.75) is 6.92 Å². The van der Waals surface area contributed by atoms with Gasteiger partial charge in [0.1, 0.15) is 0 Å². The van der Waals surface area contributed by atoms with Gasteiger partial charge in [0.05, 0.1) is 0 Å². The van der Waals surface area contributed by atoms with Crippen LogP contribution in [0.3, 0.4) is 0 Å². The zero-order valence-corrected chi connectivity index (χ0v) is 4.14. The quantitative estimate of drug-likeness (QED) is 0.507. The van der Waals surface area contributed by atoms with Crippen LogP contribution in [-0.4, -0.2) is 11.1 Å². The molecule has 0 saturated carbocycles. The topological polar surface area (TPSA) is 54.4 Å². The van der Waals surface area contributed by atoms with E-state index in [1.807, 2.05) is 0 Å². The Morgan fingerprint density at radius 1 is 1.67 bits per heavy atom. The fourth-order valence-electron chi connectivity index (χ4n) is 0. The van der Waals surface area contributed by atoms with Crippen LogP contribution < -0.4 is 0 Å². The number of aliphatic carboxylic acids is 1. The van der Waals surface area contributed by atoms with Gasteiger partial charge in [-0.25, -0.2) is 0 Å². The van der Waals surface area contributed by atoms with E-state index in [4.69, 9.17) is 13.8 Å². The first-order chi connectivity index (χ1) is 2.73. The summed E-state index contributed by atoms with van der Waals surface area (Å²) in [4.78, 5) is 9.00. The second kappa shape index (κ2) is 8.84. The Morgan fingerprint density at radius 2 is 1.67 bits per heavy atom. The third-order valence-electron chi connectivity index (χ3n) is 0. The molecule has 0 aliphatic rings. The van der Waals surface area contributed by atoms with Crippen molar-refractivity contribution in [1.82, 2.24) is 0 Å². The third-order valence-corrected chi connectivity index (χ3v) is 0. The van der Waals surface area contributed by atoms with Crippen LogP contribution in [0.4, 0.5) is 0 Å². The minimum atomic E-state index is -0.833. The van der Waals surface area contributed by atoms with E-state index in [0.717, 1.165) is 6.92 Å². The molecular formula is C2H4CoO3. The molecule has 1 N–H and O–H groups in total. The zero-order chi connectivity index (χ0) is 5.58. The summed E-state index contributed by atoms with van der Waals surface area (Å²) in [5.74, 6) is -0.833. The van der Waals surface area contributed by atoms with Gasteiger partial charge in [-0.15, -0.1) is 0 Å². The summed E-state index contributed by atoms with van der Waals surface area (Å²) in [6.07, 6.45) is 0. The molecule has 0 aromatic carbocycles. The van der Waals surface area contributed by atoms with Gasteiger partial charge in [0.25, 0.3) is 5.97 Å². The van der Waals surface area contributed by atoms with Gasteiger partial charge in [0.15, 0.2) is 0 Å².